The molecule has 5 rings (SSSR count). The van der Waals surface area contributed by atoms with Gasteiger partial charge in [0.2, 0.25) is 0 Å². The van der Waals surface area contributed by atoms with Gasteiger partial charge in [-0.05, 0) is 43.3 Å². The lowest BCUT2D eigenvalue weighted by Gasteiger charge is -2.16. The molecule has 0 amide bonds. The molecule has 9 nitrogen and oxygen atoms in total. The molecule has 0 aliphatic carbocycles. The third kappa shape index (κ3) is 8.62. The summed E-state index contributed by atoms with van der Waals surface area (Å²) < 4.78 is 89.9. The van der Waals surface area contributed by atoms with E-state index in [9.17, 15) is 8.42 Å². The molecular weight excluding hydrogens is 700 g/mol. The summed E-state index contributed by atoms with van der Waals surface area (Å²) in [5.74, 6) is -3.47. The number of sulfone groups is 1. The number of benzene rings is 2. The summed E-state index contributed by atoms with van der Waals surface area (Å²) in [6, 6.07) is 9.54. The topological polar surface area (TPSA) is 101 Å². The summed E-state index contributed by atoms with van der Waals surface area (Å²) in [5.41, 5.74) is -0.776. The van der Waals surface area contributed by atoms with Crippen molar-refractivity contribution in [1.29, 1.82) is 0 Å². The molecule has 0 aliphatic heterocycles. The van der Waals surface area contributed by atoms with Crippen molar-refractivity contribution in [1.82, 2.24) is 24.3 Å². The number of imidazole rings is 1. The maximum absolute atomic E-state index is 16.8. The monoisotopic (exact) mass is 743 g/mol. The lowest BCUT2D eigenvalue weighted by molar-refractivity contribution is 0.0812. The molecule has 3 heterocycles. The Labute approximate surface area is 293 Å². The van der Waals surface area contributed by atoms with Crippen molar-refractivity contribution in [3.8, 4) is 22.6 Å². The number of halogens is 3. The number of rotatable bonds is 15. The SMILES string of the molecule is Cc1ncccc1S(=O)(=O)Cc1ccc(F)c(-c2ccc3c(-c4nccn4COCC[Si](C)(C)C)nn(COCC[Si](C)(C)C)c3c2F)c1F. The van der Waals surface area contributed by atoms with Gasteiger partial charge in [-0.3, -0.25) is 4.98 Å². The molecule has 0 fully saturated rings. The molecule has 50 heavy (non-hydrogen) atoms. The Balaban J connectivity index is 1.57. The van der Waals surface area contributed by atoms with Crippen molar-refractivity contribution in [3.63, 3.8) is 0 Å². The van der Waals surface area contributed by atoms with E-state index in [-0.39, 0.29) is 40.7 Å². The van der Waals surface area contributed by atoms with Crippen LogP contribution >= 0.6 is 0 Å². The first kappa shape index (κ1) is 37.6. The van der Waals surface area contributed by atoms with E-state index in [0.29, 0.717) is 30.1 Å². The molecule has 3 aromatic heterocycles. The van der Waals surface area contributed by atoms with E-state index in [1.165, 1.54) is 36.0 Å². The van der Waals surface area contributed by atoms with E-state index in [0.717, 1.165) is 24.2 Å². The van der Waals surface area contributed by atoms with Crippen molar-refractivity contribution >= 4 is 36.9 Å². The largest absolute Gasteiger partial charge is 0.361 e. The van der Waals surface area contributed by atoms with Gasteiger partial charge < -0.3 is 14.0 Å². The fraction of sp³-hybridized carbons (Fsp3) is 0.400. The molecule has 0 unspecified atom stereocenters. The number of hydrogen-bond acceptors (Lipinski definition) is 7. The second-order valence-electron chi connectivity index (χ2n) is 14.8. The minimum atomic E-state index is -4.06. The lowest BCUT2D eigenvalue weighted by Crippen LogP contribution is -2.22. The standard InChI is InChI=1S/C35H44F3N5O4SSi2/c1-24-29(9-8-14-39-24)48(44,45)21-25-10-13-28(36)30(31(25)37)26-11-12-27-33(35-40-15-16-42(35)22-46-17-19-49(2,3)4)41-43(34(27)32(26)38)23-47-18-20-50(5,6)7/h8-16H,17-23H2,1-7H3. The molecule has 5 aromatic rings. The normalized spacial score (nSPS) is 12.7. The van der Waals surface area contributed by atoms with Gasteiger partial charge in [-0.2, -0.15) is 5.10 Å². The van der Waals surface area contributed by atoms with Crippen LogP contribution in [0.4, 0.5) is 13.2 Å². The van der Waals surface area contributed by atoms with Gasteiger partial charge in [-0.1, -0.05) is 51.4 Å². The zero-order valence-electron chi connectivity index (χ0n) is 29.6. The van der Waals surface area contributed by atoms with Crippen LogP contribution in [-0.4, -0.2) is 62.1 Å². The number of pyridine rings is 1. The molecular formula is C35H44F3N5O4SSi2. The average Bonchev–Trinajstić information content (AvgIpc) is 3.64. The van der Waals surface area contributed by atoms with Gasteiger partial charge in [-0.25, -0.2) is 31.3 Å². The van der Waals surface area contributed by atoms with Crippen molar-refractivity contribution in [2.75, 3.05) is 13.2 Å². The van der Waals surface area contributed by atoms with E-state index in [1.807, 2.05) is 0 Å². The molecule has 0 radical (unpaired) electrons. The molecule has 0 N–H and O–H groups in total. The number of fused-ring (bicyclic) bond motifs is 1. The summed E-state index contributed by atoms with van der Waals surface area (Å²) in [6.45, 7) is 16.1. The van der Waals surface area contributed by atoms with E-state index in [4.69, 9.17) is 14.6 Å². The van der Waals surface area contributed by atoms with Crippen LogP contribution in [0.2, 0.25) is 51.4 Å². The zero-order chi connectivity index (χ0) is 36.4. The fourth-order valence-corrected chi connectivity index (χ4v) is 8.51. The highest BCUT2D eigenvalue weighted by Gasteiger charge is 2.28. The van der Waals surface area contributed by atoms with Gasteiger partial charge in [0.15, 0.2) is 21.5 Å². The highest BCUT2D eigenvalue weighted by atomic mass is 32.2. The van der Waals surface area contributed by atoms with Gasteiger partial charge in [-0.15, -0.1) is 0 Å². The molecule has 0 saturated carbocycles. The first-order chi connectivity index (χ1) is 23.5. The van der Waals surface area contributed by atoms with E-state index < -0.39 is 54.8 Å². The van der Waals surface area contributed by atoms with E-state index in [1.54, 1.807) is 23.0 Å². The van der Waals surface area contributed by atoms with Crippen molar-refractivity contribution in [2.24, 2.45) is 0 Å². The van der Waals surface area contributed by atoms with Crippen molar-refractivity contribution < 1.29 is 31.1 Å². The second kappa shape index (κ2) is 14.9. The maximum atomic E-state index is 16.8. The van der Waals surface area contributed by atoms with Gasteiger partial charge in [0.1, 0.15) is 36.3 Å². The molecule has 2 aromatic carbocycles. The first-order valence-corrected chi connectivity index (χ1v) is 25.5. The zero-order valence-corrected chi connectivity index (χ0v) is 32.4. The minimum absolute atomic E-state index is 0.0255. The molecule has 0 atom stereocenters. The fourth-order valence-electron chi connectivity index (χ4n) is 5.42. The Kier molecular flexibility index (Phi) is 11.2. The second-order valence-corrected chi connectivity index (χ2v) is 28.0. The average molecular weight is 744 g/mol. The van der Waals surface area contributed by atoms with Gasteiger partial charge in [0.25, 0.3) is 0 Å². The highest BCUT2D eigenvalue weighted by Crippen LogP contribution is 2.37. The smallest absolute Gasteiger partial charge is 0.184 e. The van der Waals surface area contributed by atoms with Crippen LogP contribution in [0.3, 0.4) is 0 Å². The summed E-state index contributed by atoms with van der Waals surface area (Å²) in [7, 11) is -6.79. The predicted octanol–water partition coefficient (Wildman–Crippen LogP) is 8.29. The quantitative estimate of drug-likeness (QED) is 0.0786. The van der Waals surface area contributed by atoms with Crippen LogP contribution in [0, 0.1) is 24.4 Å². The molecule has 15 heteroatoms. The van der Waals surface area contributed by atoms with Crippen LogP contribution in [0.1, 0.15) is 11.3 Å². The summed E-state index contributed by atoms with van der Waals surface area (Å²) in [5, 5.41) is 5.06. The van der Waals surface area contributed by atoms with E-state index >= 15 is 13.2 Å². The number of nitrogens with zero attached hydrogens (tertiary/aromatic N) is 5. The third-order valence-electron chi connectivity index (χ3n) is 8.29. The summed E-state index contributed by atoms with van der Waals surface area (Å²) in [6.07, 6.45) is 4.81. The Hall–Kier alpha value is -3.64. The number of aromatic nitrogens is 5. The predicted molar refractivity (Wildman–Crippen MR) is 194 cm³/mol. The third-order valence-corrected chi connectivity index (χ3v) is 13.5. The Morgan fingerprint density at radius 2 is 1.50 bits per heavy atom. The van der Waals surface area contributed by atoms with Crippen LogP contribution in [0.25, 0.3) is 33.5 Å². The van der Waals surface area contributed by atoms with Crippen molar-refractivity contribution in [2.45, 2.75) is 82.4 Å². The van der Waals surface area contributed by atoms with Crippen LogP contribution in [0.5, 0.6) is 0 Å². The van der Waals surface area contributed by atoms with Crippen molar-refractivity contribution in [3.05, 3.63) is 83.7 Å². The number of hydrogen-bond donors (Lipinski definition) is 0. The summed E-state index contributed by atoms with van der Waals surface area (Å²) >= 11 is 0. The van der Waals surface area contributed by atoms with Gasteiger partial charge in [0.05, 0.1) is 21.9 Å². The Bertz CT molecular complexity index is 2110. The summed E-state index contributed by atoms with van der Waals surface area (Å²) in [4.78, 5) is 8.45. The number of aryl methyl sites for hydroxylation is 1. The lowest BCUT2D eigenvalue weighted by atomic mass is 9.99. The van der Waals surface area contributed by atoms with Gasteiger partial charge >= 0.3 is 0 Å². The molecule has 268 valence electrons. The Morgan fingerprint density at radius 1 is 0.820 bits per heavy atom. The molecule has 0 saturated heterocycles. The van der Waals surface area contributed by atoms with Crippen LogP contribution in [0.15, 0.2) is 59.9 Å². The minimum Gasteiger partial charge on any atom is -0.361 e. The van der Waals surface area contributed by atoms with Gasteiger partial charge in [0, 0.05) is 64.5 Å². The van der Waals surface area contributed by atoms with Crippen LogP contribution in [-0.2, 0) is 38.5 Å². The molecule has 0 spiro atoms. The first-order valence-electron chi connectivity index (χ1n) is 16.4. The van der Waals surface area contributed by atoms with Crippen LogP contribution < -0.4 is 0 Å². The molecule has 0 bridgehead atoms. The number of ether oxygens (including phenoxy) is 2. The Morgan fingerprint density at radius 3 is 2.16 bits per heavy atom. The maximum Gasteiger partial charge on any atom is 0.184 e. The molecule has 0 aliphatic rings. The van der Waals surface area contributed by atoms with E-state index in [2.05, 4.69) is 49.3 Å². The highest BCUT2D eigenvalue weighted by molar-refractivity contribution is 7.90.